The molecule has 3 aliphatic rings. The number of aromatic nitrogens is 3. The number of rotatable bonds is 6. The zero-order valence-corrected chi connectivity index (χ0v) is 23.2. The van der Waals surface area contributed by atoms with Crippen molar-refractivity contribution in [2.45, 2.75) is 6.54 Å². The predicted octanol–water partition coefficient (Wildman–Crippen LogP) is 3.37. The van der Waals surface area contributed by atoms with Crippen LogP contribution in [0, 0.1) is 0 Å². The van der Waals surface area contributed by atoms with Crippen molar-refractivity contribution in [2.24, 2.45) is 0 Å². The summed E-state index contributed by atoms with van der Waals surface area (Å²) in [5, 5.41) is 12.3. The Labute approximate surface area is 243 Å². The lowest BCUT2D eigenvalue weighted by Gasteiger charge is -2.35. The van der Waals surface area contributed by atoms with E-state index < -0.39 is 0 Å². The second-order valence-electron chi connectivity index (χ2n) is 10.7. The molecule has 2 fully saturated rings. The van der Waals surface area contributed by atoms with Crippen molar-refractivity contribution in [1.82, 2.24) is 30.5 Å². The summed E-state index contributed by atoms with van der Waals surface area (Å²) in [6.45, 7) is 7.05. The lowest BCUT2D eigenvalue weighted by molar-refractivity contribution is 0.0207. The maximum atomic E-state index is 13.7. The second kappa shape index (κ2) is 11.4. The fraction of sp³-hybridized carbons (Fsp3) is 0.290. The van der Waals surface area contributed by atoms with Crippen LogP contribution in [0.5, 0.6) is 0 Å². The Hall–Kier alpha value is -4.58. The monoisotopic (exact) mass is 564 g/mol. The molecule has 0 saturated carbocycles. The summed E-state index contributed by atoms with van der Waals surface area (Å²) in [5.41, 5.74) is 8.42. The molecule has 4 aromatic rings. The number of piperazine rings is 1. The molecule has 0 unspecified atom stereocenters. The third kappa shape index (κ3) is 5.13. The van der Waals surface area contributed by atoms with Gasteiger partial charge in [0.15, 0.2) is 5.78 Å². The molecule has 42 heavy (non-hydrogen) atoms. The maximum absolute atomic E-state index is 13.7. The molecule has 214 valence electrons. The van der Waals surface area contributed by atoms with Crippen LogP contribution in [0.2, 0.25) is 0 Å². The van der Waals surface area contributed by atoms with Crippen molar-refractivity contribution in [1.29, 1.82) is 0 Å². The highest BCUT2D eigenvalue weighted by Crippen LogP contribution is 2.42. The average molecular weight is 565 g/mol. The zero-order chi connectivity index (χ0) is 28.5. The molecule has 2 saturated heterocycles. The minimum atomic E-state index is -0.388. The number of H-pyrrole nitrogens is 1. The Morgan fingerprint density at radius 2 is 1.71 bits per heavy atom. The minimum Gasteiger partial charge on any atom is -0.379 e. The first-order chi connectivity index (χ1) is 20.6. The lowest BCUT2D eigenvalue weighted by Crippen LogP contribution is -2.49. The summed E-state index contributed by atoms with van der Waals surface area (Å²) in [6.07, 6.45) is 1.84. The Balaban J connectivity index is 1.03. The first-order valence-electron chi connectivity index (χ1n) is 14.3. The van der Waals surface area contributed by atoms with Crippen LogP contribution in [-0.4, -0.2) is 89.4 Å². The predicted molar refractivity (Wildman–Crippen MR) is 159 cm³/mol. The summed E-state index contributed by atoms with van der Waals surface area (Å²) in [4.78, 5) is 35.7. The first-order valence-corrected chi connectivity index (χ1v) is 14.3. The molecule has 2 aromatic heterocycles. The number of hydrogen-bond acceptors (Lipinski definition) is 8. The Morgan fingerprint density at radius 3 is 2.48 bits per heavy atom. The molecule has 4 heterocycles. The van der Waals surface area contributed by atoms with Gasteiger partial charge in [0.1, 0.15) is 11.5 Å². The van der Waals surface area contributed by atoms with Crippen LogP contribution >= 0.6 is 0 Å². The number of carbonyl (C=O) groups is 2. The number of benzene rings is 2. The zero-order valence-electron chi connectivity index (χ0n) is 23.2. The molecule has 0 atom stereocenters. The van der Waals surface area contributed by atoms with Gasteiger partial charge in [-0.2, -0.15) is 5.10 Å². The molecule has 2 aliphatic heterocycles. The van der Waals surface area contributed by atoms with Crippen molar-refractivity contribution < 1.29 is 14.3 Å². The van der Waals surface area contributed by atoms with E-state index in [1.165, 1.54) is 5.56 Å². The van der Waals surface area contributed by atoms with Crippen LogP contribution in [0.4, 0.5) is 16.3 Å². The highest BCUT2D eigenvalue weighted by molar-refractivity contribution is 6.26. The van der Waals surface area contributed by atoms with Crippen molar-refractivity contribution in [3.63, 3.8) is 0 Å². The first kappa shape index (κ1) is 26.3. The average Bonchev–Trinajstić information content (AvgIpc) is 3.59. The summed E-state index contributed by atoms with van der Waals surface area (Å²) in [5.74, 6) is 0.879. The number of ether oxygens (including phenoxy) is 1. The Morgan fingerprint density at radius 1 is 0.905 bits per heavy atom. The number of aromatic amines is 1. The van der Waals surface area contributed by atoms with Crippen molar-refractivity contribution in [3.8, 4) is 22.5 Å². The number of hydrazine groups is 1. The lowest BCUT2D eigenvalue weighted by atomic mass is 10.0. The minimum absolute atomic E-state index is 0.152. The van der Waals surface area contributed by atoms with E-state index in [0.29, 0.717) is 54.5 Å². The molecule has 1 aliphatic carbocycles. The SMILES string of the molecule is O=C(Nc1cccc2c1C(=O)c1c(-c3ccc(CN4CCN(c5ccccn5)CC4)cc3)n[nH]c1-2)NN1CCOCC1. The highest BCUT2D eigenvalue weighted by atomic mass is 16.5. The smallest absolute Gasteiger partial charge is 0.333 e. The summed E-state index contributed by atoms with van der Waals surface area (Å²) in [6, 6.07) is 19.4. The Kier molecular flexibility index (Phi) is 7.12. The molecule has 0 radical (unpaired) electrons. The molecule has 11 nitrogen and oxygen atoms in total. The number of nitrogens with one attached hydrogen (secondary N) is 3. The molecule has 3 N–H and O–H groups in total. The topological polar surface area (TPSA) is 119 Å². The van der Waals surface area contributed by atoms with E-state index in [0.717, 1.165) is 49.7 Å². The van der Waals surface area contributed by atoms with Gasteiger partial charge in [0.2, 0.25) is 0 Å². The summed E-state index contributed by atoms with van der Waals surface area (Å²) in [7, 11) is 0. The second-order valence-corrected chi connectivity index (χ2v) is 10.7. The van der Waals surface area contributed by atoms with Gasteiger partial charge in [0.05, 0.1) is 35.7 Å². The van der Waals surface area contributed by atoms with Crippen molar-refractivity contribution in [2.75, 3.05) is 62.7 Å². The van der Waals surface area contributed by atoms with Gasteiger partial charge in [-0.15, -0.1) is 0 Å². The molecule has 2 amide bonds. The number of amides is 2. The standard InChI is InChI=1S/C31H32N8O3/c40-30-26-23(4-3-5-24(26)33-31(41)36-39-16-18-42-19-17-39)29-27(30)28(34-35-29)22-9-7-21(8-10-22)20-37-12-14-38(15-13-37)25-6-1-2-11-32-25/h1-11H,12-20H2,(H,34,35)(H2,33,36,41). The molecular formula is C31H32N8O3. The van der Waals surface area contributed by atoms with Gasteiger partial charge in [-0.05, 0) is 23.8 Å². The molecular weight excluding hydrogens is 532 g/mol. The van der Waals surface area contributed by atoms with Gasteiger partial charge in [-0.25, -0.2) is 14.8 Å². The number of nitrogens with zero attached hydrogens (tertiary/aromatic N) is 5. The van der Waals surface area contributed by atoms with Gasteiger partial charge < -0.3 is 15.0 Å². The number of morpholine rings is 1. The number of urea groups is 1. The van der Waals surface area contributed by atoms with Crippen molar-refractivity contribution in [3.05, 3.63) is 83.6 Å². The quantitative estimate of drug-likeness (QED) is 0.287. The summed E-state index contributed by atoms with van der Waals surface area (Å²) >= 11 is 0. The van der Waals surface area contributed by atoms with E-state index in [9.17, 15) is 9.59 Å². The number of pyridine rings is 1. The third-order valence-corrected chi connectivity index (χ3v) is 8.05. The molecule has 0 bridgehead atoms. The number of ketones is 1. The van der Waals surface area contributed by atoms with Crippen LogP contribution in [0.15, 0.2) is 66.9 Å². The fourth-order valence-corrected chi connectivity index (χ4v) is 5.87. The van der Waals surface area contributed by atoms with E-state index in [1.807, 2.05) is 42.6 Å². The number of carbonyl (C=O) groups excluding carboxylic acids is 2. The largest absolute Gasteiger partial charge is 0.379 e. The van der Waals surface area contributed by atoms with Crippen LogP contribution in [0.3, 0.4) is 0 Å². The molecule has 2 aromatic carbocycles. The van der Waals surface area contributed by atoms with Crippen LogP contribution in [0.25, 0.3) is 22.5 Å². The van der Waals surface area contributed by atoms with Gasteiger partial charge >= 0.3 is 6.03 Å². The van der Waals surface area contributed by atoms with E-state index in [1.54, 1.807) is 11.1 Å². The van der Waals surface area contributed by atoms with Crippen LogP contribution < -0.4 is 15.6 Å². The number of hydrogen-bond donors (Lipinski definition) is 3. The normalized spacial score (nSPS) is 17.1. The van der Waals surface area contributed by atoms with Crippen LogP contribution in [0.1, 0.15) is 21.5 Å². The number of anilines is 2. The molecule has 0 spiro atoms. The van der Waals surface area contributed by atoms with E-state index in [-0.39, 0.29) is 11.8 Å². The molecule has 11 heteroatoms. The number of fused-ring (bicyclic) bond motifs is 3. The highest BCUT2D eigenvalue weighted by Gasteiger charge is 2.35. The molecule has 7 rings (SSSR count). The fourth-order valence-electron chi connectivity index (χ4n) is 5.87. The van der Waals surface area contributed by atoms with Gasteiger partial charge in [-0.1, -0.05) is 42.5 Å². The van der Waals surface area contributed by atoms with Gasteiger partial charge in [-0.3, -0.25) is 20.2 Å². The third-order valence-electron chi connectivity index (χ3n) is 8.05. The van der Waals surface area contributed by atoms with E-state index in [4.69, 9.17) is 4.74 Å². The van der Waals surface area contributed by atoms with Gasteiger partial charge in [0.25, 0.3) is 0 Å². The Bertz CT molecular complexity index is 1590. The van der Waals surface area contributed by atoms with Crippen LogP contribution in [-0.2, 0) is 11.3 Å². The summed E-state index contributed by atoms with van der Waals surface area (Å²) < 4.78 is 5.33. The van der Waals surface area contributed by atoms with Crippen molar-refractivity contribution >= 4 is 23.3 Å². The maximum Gasteiger partial charge on any atom is 0.333 e. The van der Waals surface area contributed by atoms with E-state index >= 15 is 0 Å². The van der Waals surface area contributed by atoms with Gasteiger partial charge in [0, 0.05) is 63.1 Å². The van der Waals surface area contributed by atoms with E-state index in [2.05, 4.69) is 53.9 Å².